The zero-order valence-corrected chi connectivity index (χ0v) is 41.7. The normalized spacial score (nSPS) is 22.5. The monoisotopic (exact) mass is 1040 g/mol. The van der Waals surface area contributed by atoms with Gasteiger partial charge in [0.1, 0.15) is 42.0 Å². The maximum absolute atomic E-state index is 14.6. The van der Waals surface area contributed by atoms with Gasteiger partial charge in [0.25, 0.3) is 0 Å². The fraction of sp³-hybridized carbons (Fsp3) is 0.630. The van der Waals surface area contributed by atoms with E-state index in [1.54, 1.807) is 27.7 Å². The predicted molar refractivity (Wildman–Crippen MR) is 258 cm³/mol. The molecule has 0 unspecified atom stereocenters. The Hall–Kier alpha value is -6.60. The van der Waals surface area contributed by atoms with Crippen molar-refractivity contribution in [1.29, 1.82) is 0 Å². The summed E-state index contributed by atoms with van der Waals surface area (Å²) in [6.45, 7) is 5.16. The Morgan fingerprint density at radius 1 is 0.819 bits per heavy atom. The van der Waals surface area contributed by atoms with Crippen LogP contribution >= 0.6 is 11.8 Å². The topological polar surface area (TPSA) is 374 Å². The number of phenolic OH excluding ortho intramolecular Hbond substituents is 1. The van der Waals surface area contributed by atoms with Gasteiger partial charge in [-0.2, -0.15) is 11.8 Å². The molecule has 1 saturated carbocycles. The summed E-state index contributed by atoms with van der Waals surface area (Å²) >= 11 is 1.14. The quantitative estimate of drug-likeness (QED) is 0.0680. The van der Waals surface area contributed by atoms with Crippen LogP contribution in [0.25, 0.3) is 0 Å². The number of thioether (sulfide) groups is 1. The summed E-state index contributed by atoms with van der Waals surface area (Å²) in [6.07, 6.45) is -3.10. The molecule has 2 fully saturated rings. The van der Waals surface area contributed by atoms with Gasteiger partial charge in [-0.1, -0.05) is 46.2 Å². The number of nitrogens with one attached hydrogen (secondary N) is 7. The molecular formula is C46H69F2N11O12S. The van der Waals surface area contributed by atoms with Crippen molar-refractivity contribution in [3.63, 3.8) is 0 Å². The van der Waals surface area contributed by atoms with Crippen LogP contribution in [0.15, 0.2) is 24.3 Å². The molecular weight excluding hydrogens is 969 g/mol. The molecule has 1 aromatic rings. The molecule has 26 heteroatoms. The second kappa shape index (κ2) is 28.4. The molecule has 400 valence electrons. The summed E-state index contributed by atoms with van der Waals surface area (Å²) in [4.78, 5) is 148. The number of alkyl halides is 2. The minimum atomic E-state index is -3.04. The van der Waals surface area contributed by atoms with Gasteiger partial charge in [0.2, 0.25) is 70.9 Å². The molecule has 72 heavy (non-hydrogen) atoms. The number of rotatable bonds is 20. The van der Waals surface area contributed by atoms with Crippen LogP contribution < -0.4 is 54.4 Å². The Morgan fingerprint density at radius 3 is 2.03 bits per heavy atom. The van der Waals surface area contributed by atoms with Gasteiger partial charge >= 0.3 is 0 Å². The molecule has 11 amide bonds. The molecule has 1 aliphatic carbocycles. The summed E-state index contributed by atoms with van der Waals surface area (Å²) in [6, 6.07) is -3.01. The van der Waals surface area contributed by atoms with E-state index >= 15 is 0 Å². The molecule has 1 aromatic carbocycles. The number of hydrogen-bond acceptors (Lipinski definition) is 13. The molecule has 1 saturated heterocycles. The lowest BCUT2D eigenvalue weighted by Gasteiger charge is -2.39. The zero-order valence-electron chi connectivity index (χ0n) is 40.9. The maximum atomic E-state index is 14.6. The van der Waals surface area contributed by atoms with Gasteiger partial charge in [-0.3, -0.25) is 52.7 Å². The van der Waals surface area contributed by atoms with Crippen LogP contribution in [0.5, 0.6) is 5.75 Å². The van der Waals surface area contributed by atoms with Crippen molar-refractivity contribution >= 4 is 76.7 Å². The van der Waals surface area contributed by atoms with Crippen molar-refractivity contribution in [1.82, 2.24) is 42.1 Å². The highest BCUT2D eigenvalue weighted by molar-refractivity contribution is 7.99. The maximum Gasteiger partial charge on any atom is 0.248 e. The lowest BCUT2D eigenvalue weighted by molar-refractivity contribution is -0.147. The van der Waals surface area contributed by atoms with Gasteiger partial charge in [0, 0.05) is 44.4 Å². The van der Waals surface area contributed by atoms with Crippen molar-refractivity contribution < 1.29 is 66.6 Å². The van der Waals surface area contributed by atoms with E-state index in [0.29, 0.717) is 12.0 Å². The number of aromatic hydroxyl groups is 1. The summed E-state index contributed by atoms with van der Waals surface area (Å²) < 4.78 is 28.3. The van der Waals surface area contributed by atoms with Crippen LogP contribution in [0.4, 0.5) is 8.78 Å². The molecule has 0 radical (unpaired) electrons. The molecule has 1 heterocycles. The second-order valence-corrected chi connectivity index (χ2v) is 19.9. The first kappa shape index (κ1) is 59.7. The van der Waals surface area contributed by atoms with E-state index in [9.17, 15) is 66.6 Å². The Labute approximate surface area is 420 Å². The number of nitrogens with zero attached hydrogens (tertiary/aromatic N) is 1. The minimum Gasteiger partial charge on any atom is -0.508 e. The Balaban J connectivity index is 2.07. The largest absolute Gasteiger partial charge is 0.508 e. The molecule has 0 aromatic heterocycles. The van der Waals surface area contributed by atoms with Gasteiger partial charge in [-0.05, 0) is 60.5 Å². The van der Waals surface area contributed by atoms with Crippen LogP contribution in [-0.2, 0) is 59.2 Å². The lowest BCUT2D eigenvalue weighted by Crippen LogP contribution is -2.61. The number of primary amides is 3. The summed E-state index contributed by atoms with van der Waals surface area (Å²) in [5.74, 6) is -14.5. The summed E-state index contributed by atoms with van der Waals surface area (Å²) in [5.41, 5.74) is 16.6. The molecule has 7 atom stereocenters. The number of benzene rings is 1. The second-order valence-electron chi connectivity index (χ2n) is 18.7. The van der Waals surface area contributed by atoms with E-state index in [-0.39, 0.29) is 48.9 Å². The van der Waals surface area contributed by atoms with Crippen LogP contribution in [0.1, 0.15) is 91.0 Å². The zero-order chi connectivity index (χ0) is 53.9. The first-order valence-electron chi connectivity index (χ1n) is 23.7. The van der Waals surface area contributed by atoms with Crippen LogP contribution in [0, 0.1) is 17.8 Å². The van der Waals surface area contributed by atoms with Crippen LogP contribution in [-0.4, -0.2) is 148 Å². The third-order valence-electron chi connectivity index (χ3n) is 11.9. The number of carbonyl (C=O) groups is 11. The van der Waals surface area contributed by atoms with Crippen molar-refractivity contribution in [3.05, 3.63) is 29.8 Å². The predicted octanol–water partition coefficient (Wildman–Crippen LogP) is -1.92. The van der Waals surface area contributed by atoms with Crippen molar-refractivity contribution in [2.45, 2.75) is 134 Å². The average molecular weight is 1040 g/mol. The smallest absolute Gasteiger partial charge is 0.248 e. The van der Waals surface area contributed by atoms with E-state index in [1.807, 2.05) is 0 Å². The van der Waals surface area contributed by atoms with E-state index in [1.165, 1.54) is 24.3 Å². The first-order valence-corrected chi connectivity index (χ1v) is 24.9. The molecule has 1 aliphatic heterocycles. The Morgan fingerprint density at radius 2 is 1.44 bits per heavy atom. The van der Waals surface area contributed by atoms with Crippen molar-refractivity contribution in [3.8, 4) is 5.75 Å². The Kier molecular flexibility index (Phi) is 23.6. The number of hydrogen-bond donors (Lipinski definition) is 11. The average Bonchev–Trinajstić information content (AvgIpc) is 3.28. The number of nitrogens with two attached hydrogens (primary N) is 3. The third kappa shape index (κ3) is 20.6. The van der Waals surface area contributed by atoms with Gasteiger partial charge < -0.3 is 64.4 Å². The summed E-state index contributed by atoms with van der Waals surface area (Å²) in [5, 5.41) is 27.4. The summed E-state index contributed by atoms with van der Waals surface area (Å²) in [7, 11) is 0. The van der Waals surface area contributed by atoms with E-state index in [2.05, 4.69) is 37.2 Å². The lowest BCUT2D eigenvalue weighted by atomic mass is 9.81. The minimum absolute atomic E-state index is 0.0318. The SMILES string of the molecule is CC[C@H](C)[C@@H]1NC(=O)[C@H](Cc2ccc(O)cc2)NC(=O)CCSCC[C@@H](C(=O)N(CC(=O)N[C@@H](CC(C)C)C(=O)NCC(N)=O)CC2CC(F)(F)C2)NC(=O)[C@H](CC(N)=O)NC(=O)[C@H](CCC(N)=O)NC1=O. The number of phenols is 1. The van der Waals surface area contributed by atoms with Crippen molar-refractivity contribution in [2.24, 2.45) is 35.0 Å². The molecule has 2 aliphatic rings. The first-order chi connectivity index (χ1) is 33.8. The highest BCUT2D eigenvalue weighted by Gasteiger charge is 2.47. The molecule has 14 N–H and O–H groups in total. The van der Waals surface area contributed by atoms with Crippen LogP contribution in [0.2, 0.25) is 0 Å². The van der Waals surface area contributed by atoms with Gasteiger partial charge in [-0.15, -0.1) is 0 Å². The molecule has 3 rings (SSSR count). The highest BCUT2D eigenvalue weighted by Crippen LogP contribution is 2.42. The van der Waals surface area contributed by atoms with Crippen LogP contribution in [0.3, 0.4) is 0 Å². The van der Waals surface area contributed by atoms with Gasteiger partial charge in [0.15, 0.2) is 0 Å². The van der Waals surface area contributed by atoms with E-state index < -0.39 is 171 Å². The fourth-order valence-corrected chi connectivity index (χ4v) is 8.83. The molecule has 0 spiro atoms. The number of halogens is 2. The molecule has 0 bridgehead atoms. The van der Waals surface area contributed by atoms with E-state index in [0.717, 1.165) is 16.7 Å². The third-order valence-corrected chi connectivity index (χ3v) is 12.9. The standard InChI is InChI=1S/C46H69F2N11O12S/c1-5-25(4)39-44(70)55-29(10-11-34(49)61)41(67)57-33(18-35(50)62)42(68)56-30(12-14-72-15-13-37(64)53-32(43(69)58-39)17-26-6-8-28(60)9-7-26)45(71)59(22-27-19-46(47,48)20-27)23-38(65)54-31(16-24(2)3)40(66)52-21-36(51)63/h6-9,24-25,27,29-33,39,60H,5,10-23H2,1-4H3,(H2,49,61)(H2,50,62)(H2,51,63)(H,52,66)(H,53,64)(H,54,65)(H,55,70)(H,56,68)(H,57,67)(H,58,69)/t25-,29-,30-,31-,32-,33-,39-/m0/s1. The van der Waals surface area contributed by atoms with Crippen molar-refractivity contribution in [2.75, 3.05) is 31.1 Å². The highest BCUT2D eigenvalue weighted by atomic mass is 32.2. The Bertz CT molecular complexity index is 2130. The van der Waals surface area contributed by atoms with Gasteiger partial charge in [0.05, 0.1) is 19.5 Å². The fourth-order valence-electron chi connectivity index (χ4n) is 7.89. The number of carbonyl (C=O) groups excluding carboxylic acids is 11. The molecule has 23 nitrogen and oxygen atoms in total. The number of amides is 11. The van der Waals surface area contributed by atoms with Gasteiger partial charge in [-0.25, -0.2) is 8.78 Å². The van der Waals surface area contributed by atoms with E-state index in [4.69, 9.17) is 17.2 Å².